The van der Waals surface area contributed by atoms with Crippen LogP contribution in [0.5, 0.6) is 5.75 Å². The standard InChI is InChI=1S/C26H27FN4O3/c1-2-17-4-6-18(7-5-17)26-30-15-22(27)24(31-26)16-28-10-3-11-34-20-8-9-23-21(13-20)19(14-29-23)12-25(32)33/h4-9,13-15,28-29H,2-3,10-12,16H2,1H3,(H,32,33). The number of carboxylic acid groups (broad SMARTS) is 1. The molecule has 0 spiro atoms. The summed E-state index contributed by atoms with van der Waals surface area (Å²) in [5.74, 6) is -0.125. The average Bonchev–Trinajstić information content (AvgIpc) is 3.23. The molecule has 8 heteroatoms. The van der Waals surface area contributed by atoms with E-state index in [-0.39, 0.29) is 6.42 Å². The van der Waals surface area contributed by atoms with E-state index in [1.165, 1.54) is 11.8 Å². The largest absolute Gasteiger partial charge is 0.494 e. The molecule has 7 nitrogen and oxygen atoms in total. The fourth-order valence-corrected chi connectivity index (χ4v) is 3.71. The summed E-state index contributed by atoms with van der Waals surface area (Å²) >= 11 is 0. The fraction of sp³-hybridized carbons (Fsp3) is 0.269. The van der Waals surface area contributed by atoms with Gasteiger partial charge in [-0.05, 0) is 48.7 Å². The number of halogens is 1. The highest BCUT2D eigenvalue weighted by Gasteiger charge is 2.10. The van der Waals surface area contributed by atoms with Gasteiger partial charge in [0.15, 0.2) is 11.6 Å². The first-order chi connectivity index (χ1) is 16.5. The summed E-state index contributed by atoms with van der Waals surface area (Å²) in [5.41, 5.74) is 4.01. The molecule has 4 aromatic rings. The number of nitrogens with one attached hydrogen (secondary N) is 2. The van der Waals surface area contributed by atoms with E-state index in [2.05, 4.69) is 27.2 Å². The van der Waals surface area contributed by atoms with Gasteiger partial charge in [-0.3, -0.25) is 4.79 Å². The van der Waals surface area contributed by atoms with Crippen molar-refractivity contribution in [3.05, 3.63) is 77.5 Å². The van der Waals surface area contributed by atoms with Gasteiger partial charge in [-0.15, -0.1) is 0 Å². The molecule has 0 fully saturated rings. The van der Waals surface area contributed by atoms with Crippen molar-refractivity contribution in [2.75, 3.05) is 13.2 Å². The number of ether oxygens (including phenoxy) is 1. The Morgan fingerprint density at radius 3 is 2.79 bits per heavy atom. The molecule has 0 radical (unpaired) electrons. The lowest BCUT2D eigenvalue weighted by Gasteiger charge is -2.09. The number of hydrogen-bond donors (Lipinski definition) is 3. The van der Waals surface area contributed by atoms with Crippen molar-refractivity contribution in [1.29, 1.82) is 0 Å². The van der Waals surface area contributed by atoms with Crippen molar-refractivity contribution in [2.45, 2.75) is 32.7 Å². The quantitative estimate of drug-likeness (QED) is 0.284. The van der Waals surface area contributed by atoms with Gasteiger partial charge >= 0.3 is 5.97 Å². The molecule has 4 rings (SSSR count). The summed E-state index contributed by atoms with van der Waals surface area (Å²) in [6.07, 6.45) is 4.55. The number of aliphatic carboxylic acids is 1. The van der Waals surface area contributed by atoms with Crippen LogP contribution in [-0.2, 0) is 24.2 Å². The minimum Gasteiger partial charge on any atom is -0.494 e. The minimum atomic E-state index is -0.875. The van der Waals surface area contributed by atoms with Gasteiger partial charge in [0.2, 0.25) is 0 Å². The third-order valence-corrected chi connectivity index (χ3v) is 5.58. The number of fused-ring (bicyclic) bond motifs is 1. The summed E-state index contributed by atoms with van der Waals surface area (Å²) < 4.78 is 20.0. The van der Waals surface area contributed by atoms with E-state index in [4.69, 9.17) is 9.84 Å². The second-order valence-corrected chi connectivity index (χ2v) is 8.01. The molecule has 34 heavy (non-hydrogen) atoms. The number of aryl methyl sites for hydroxylation is 1. The van der Waals surface area contributed by atoms with E-state index in [1.807, 2.05) is 42.5 Å². The van der Waals surface area contributed by atoms with Crippen molar-refractivity contribution in [1.82, 2.24) is 20.3 Å². The first-order valence-electron chi connectivity index (χ1n) is 11.3. The molecule has 0 aliphatic carbocycles. The Labute approximate surface area is 197 Å². The van der Waals surface area contributed by atoms with E-state index in [1.54, 1.807) is 6.20 Å². The molecule has 0 aliphatic heterocycles. The van der Waals surface area contributed by atoms with Crippen molar-refractivity contribution in [2.24, 2.45) is 0 Å². The zero-order valence-electron chi connectivity index (χ0n) is 19.0. The molecule has 2 aromatic carbocycles. The molecular formula is C26H27FN4O3. The second kappa shape index (κ2) is 10.9. The molecule has 176 valence electrons. The van der Waals surface area contributed by atoms with Gasteiger partial charge < -0.3 is 20.1 Å². The number of nitrogens with zero attached hydrogens (tertiary/aromatic N) is 2. The predicted octanol–water partition coefficient (Wildman–Crippen LogP) is 4.51. The van der Waals surface area contributed by atoms with E-state index < -0.39 is 11.8 Å². The van der Waals surface area contributed by atoms with E-state index in [0.717, 1.165) is 28.5 Å². The van der Waals surface area contributed by atoms with Crippen LogP contribution in [-0.4, -0.2) is 39.2 Å². The number of hydrogen-bond acceptors (Lipinski definition) is 5. The maximum atomic E-state index is 14.2. The summed E-state index contributed by atoms with van der Waals surface area (Å²) in [7, 11) is 0. The molecule has 0 saturated carbocycles. The summed E-state index contributed by atoms with van der Waals surface area (Å²) in [4.78, 5) is 22.6. The van der Waals surface area contributed by atoms with Crippen LogP contribution >= 0.6 is 0 Å². The lowest BCUT2D eigenvalue weighted by atomic mass is 10.1. The molecule has 0 aliphatic rings. The van der Waals surface area contributed by atoms with Crippen molar-refractivity contribution in [3.8, 4) is 17.1 Å². The Bertz CT molecular complexity index is 1270. The van der Waals surface area contributed by atoms with Gasteiger partial charge in [0, 0.05) is 29.2 Å². The van der Waals surface area contributed by atoms with Crippen LogP contribution in [0.25, 0.3) is 22.3 Å². The van der Waals surface area contributed by atoms with Crippen LogP contribution in [0.15, 0.2) is 54.9 Å². The number of H-pyrrole nitrogens is 1. The lowest BCUT2D eigenvalue weighted by molar-refractivity contribution is -0.136. The highest BCUT2D eigenvalue weighted by atomic mass is 19.1. The Morgan fingerprint density at radius 2 is 2.03 bits per heavy atom. The average molecular weight is 463 g/mol. The van der Waals surface area contributed by atoms with Gasteiger partial charge in [0.25, 0.3) is 0 Å². The molecule has 2 aromatic heterocycles. The maximum Gasteiger partial charge on any atom is 0.307 e. The monoisotopic (exact) mass is 462 g/mol. The summed E-state index contributed by atoms with van der Waals surface area (Å²) in [6, 6.07) is 13.5. The van der Waals surface area contributed by atoms with Crippen molar-refractivity contribution < 1.29 is 19.0 Å². The first kappa shape index (κ1) is 23.4. The van der Waals surface area contributed by atoms with Crippen LogP contribution in [0.3, 0.4) is 0 Å². The lowest BCUT2D eigenvalue weighted by Crippen LogP contribution is -2.19. The summed E-state index contributed by atoms with van der Waals surface area (Å²) in [6.45, 7) is 3.48. The maximum absolute atomic E-state index is 14.2. The molecule has 3 N–H and O–H groups in total. The molecule has 0 amide bonds. The zero-order valence-corrected chi connectivity index (χ0v) is 19.0. The third kappa shape index (κ3) is 5.77. The van der Waals surface area contributed by atoms with Crippen LogP contribution in [0.2, 0.25) is 0 Å². The Kier molecular flexibility index (Phi) is 7.49. The highest BCUT2D eigenvalue weighted by Crippen LogP contribution is 2.24. The molecule has 2 heterocycles. The van der Waals surface area contributed by atoms with E-state index in [0.29, 0.717) is 43.4 Å². The summed E-state index contributed by atoms with van der Waals surface area (Å²) in [5, 5.41) is 13.1. The molecule has 0 bridgehead atoms. The smallest absolute Gasteiger partial charge is 0.307 e. The molecule has 0 unspecified atom stereocenters. The van der Waals surface area contributed by atoms with Gasteiger partial charge in [0.1, 0.15) is 5.75 Å². The minimum absolute atomic E-state index is 0.0429. The number of aromatic nitrogens is 3. The normalized spacial score (nSPS) is 11.1. The SMILES string of the molecule is CCc1ccc(-c2ncc(F)c(CNCCCOc3ccc4[nH]cc(CC(=O)O)c4c3)n2)cc1. The van der Waals surface area contributed by atoms with Gasteiger partial charge in [0.05, 0.1) is 24.9 Å². The van der Waals surface area contributed by atoms with E-state index >= 15 is 0 Å². The Hall–Kier alpha value is -3.78. The molecular weight excluding hydrogens is 435 g/mol. The first-order valence-corrected chi connectivity index (χ1v) is 11.3. The fourth-order valence-electron chi connectivity index (χ4n) is 3.71. The Morgan fingerprint density at radius 1 is 1.21 bits per heavy atom. The second-order valence-electron chi connectivity index (χ2n) is 8.01. The van der Waals surface area contributed by atoms with Crippen LogP contribution in [0, 0.1) is 5.82 Å². The number of rotatable bonds is 11. The number of carboxylic acids is 1. The Balaban J connectivity index is 1.26. The van der Waals surface area contributed by atoms with E-state index in [9.17, 15) is 9.18 Å². The van der Waals surface area contributed by atoms with Gasteiger partial charge in [-0.25, -0.2) is 14.4 Å². The zero-order chi connectivity index (χ0) is 23.9. The van der Waals surface area contributed by atoms with Crippen LogP contribution < -0.4 is 10.1 Å². The van der Waals surface area contributed by atoms with Gasteiger partial charge in [-0.2, -0.15) is 0 Å². The number of benzene rings is 2. The third-order valence-electron chi connectivity index (χ3n) is 5.58. The van der Waals surface area contributed by atoms with Gasteiger partial charge in [-0.1, -0.05) is 31.2 Å². The topological polar surface area (TPSA) is 100 Å². The van der Waals surface area contributed by atoms with Crippen molar-refractivity contribution in [3.63, 3.8) is 0 Å². The van der Waals surface area contributed by atoms with Crippen LogP contribution in [0.4, 0.5) is 4.39 Å². The van der Waals surface area contributed by atoms with Crippen molar-refractivity contribution >= 4 is 16.9 Å². The number of carbonyl (C=O) groups is 1. The number of aromatic amines is 1. The molecule has 0 saturated heterocycles. The predicted molar refractivity (Wildman–Crippen MR) is 128 cm³/mol. The highest BCUT2D eigenvalue weighted by molar-refractivity contribution is 5.88. The molecule has 0 atom stereocenters. The van der Waals surface area contributed by atoms with Crippen LogP contribution in [0.1, 0.15) is 30.2 Å².